The van der Waals surface area contributed by atoms with E-state index in [2.05, 4.69) is 15.9 Å². The number of benzene rings is 1. The molecule has 1 aromatic carbocycles. The zero-order valence-corrected chi connectivity index (χ0v) is 11.6. The first-order valence-electron chi connectivity index (χ1n) is 5.15. The van der Waals surface area contributed by atoms with Crippen molar-refractivity contribution in [2.45, 2.75) is 32.9 Å². The first-order valence-corrected chi connectivity index (χ1v) is 5.95. The van der Waals surface area contributed by atoms with Crippen LogP contribution in [0.15, 0.2) is 22.7 Å². The van der Waals surface area contributed by atoms with Gasteiger partial charge in [0.05, 0.1) is 0 Å². The third-order valence-electron chi connectivity index (χ3n) is 2.30. The second kappa shape index (κ2) is 5.04. The van der Waals surface area contributed by atoms with Crippen LogP contribution in [0.3, 0.4) is 0 Å². The Labute approximate surface area is 108 Å². The normalized spacial score (nSPS) is 11.4. The summed E-state index contributed by atoms with van der Waals surface area (Å²) in [5.74, 6) is -0.381. The van der Waals surface area contributed by atoms with Gasteiger partial charge in [0.15, 0.2) is 0 Å². The summed E-state index contributed by atoms with van der Waals surface area (Å²) >= 11 is 3.18. The molecule has 0 saturated carbocycles. The zero-order valence-electron chi connectivity index (χ0n) is 10.00. The van der Waals surface area contributed by atoms with Crippen molar-refractivity contribution >= 4 is 22.0 Å². The first-order chi connectivity index (χ1) is 7.70. The van der Waals surface area contributed by atoms with Gasteiger partial charge >= 0.3 is 6.09 Å². The summed E-state index contributed by atoms with van der Waals surface area (Å²) in [6.07, 6.45) is -1.02. The Balaban J connectivity index is 2.98. The Bertz CT molecular complexity index is 409. The van der Waals surface area contributed by atoms with Crippen LogP contribution in [-0.4, -0.2) is 21.6 Å². The lowest BCUT2D eigenvalue weighted by atomic mass is 10.1. The number of nitrogens with zero attached hydrogens (tertiary/aromatic N) is 1. The Morgan fingerprint density at radius 3 is 2.41 bits per heavy atom. The first kappa shape index (κ1) is 14.0. The van der Waals surface area contributed by atoms with E-state index in [-0.39, 0.29) is 12.4 Å². The van der Waals surface area contributed by atoms with Crippen molar-refractivity contribution in [2.75, 3.05) is 0 Å². The predicted molar refractivity (Wildman–Crippen MR) is 67.4 cm³/mol. The molecule has 0 aromatic heterocycles. The van der Waals surface area contributed by atoms with Crippen molar-refractivity contribution in [3.05, 3.63) is 34.1 Å². The van der Waals surface area contributed by atoms with E-state index < -0.39 is 11.6 Å². The average molecular weight is 304 g/mol. The highest BCUT2D eigenvalue weighted by Crippen LogP contribution is 2.21. The summed E-state index contributed by atoms with van der Waals surface area (Å²) in [4.78, 5) is 12.4. The van der Waals surface area contributed by atoms with E-state index in [1.807, 2.05) is 0 Å². The van der Waals surface area contributed by atoms with Crippen molar-refractivity contribution in [3.8, 4) is 0 Å². The number of hydrogen-bond donors (Lipinski definition) is 1. The van der Waals surface area contributed by atoms with Crippen LogP contribution in [0.1, 0.15) is 26.3 Å². The van der Waals surface area contributed by atoms with E-state index in [1.54, 1.807) is 26.8 Å². The van der Waals surface area contributed by atoms with Gasteiger partial charge in [-0.15, -0.1) is 0 Å². The topological polar surface area (TPSA) is 40.5 Å². The van der Waals surface area contributed by atoms with Crippen molar-refractivity contribution < 1.29 is 14.3 Å². The van der Waals surface area contributed by atoms with Gasteiger partial charge in [-0.05, 0) is 44.5 Å². The fraction of sp³-hybridized carbons (Fsp3) is 0.417. The fourth-order valence-electron chi connectivity index (χ4n) is 1.48. The van der Waals surface area contributed by atoms with Gasteiger partial charge in [0.1, 0.15) is 5.82 Å². The molecule has 0 aliphatic heterocycles. The molecule has 1 rings (SSSR count). The standard InChI is InChI=1S/C12H15BrFNO2/c1-12(2,3)15(11(16)17)7-8-4-9(13)6-10(14)5-8/h4-6H,7H2,1-3H3,(H,16,17). The molecular weight excluding hydrogens is 289 g/mol. The molecule has 0 spiro atoms. The SMILES string of the molecule is CC(C)(C)N(Cc1cc(F)cc(Br)c1)C(=O)O. The van der Waals surface area contributed by atoms with Crippen molar-refractivity contribution in [3.63, 3.8) is 0 Å². The van der Waals surface area contributed by atoms with Gasteiger partial charge in [-0.3, -0.25) is 4.90 Å². The van der Waals surface area contributed by atoms with Crippen LogP contribution in [0.5, 0.6) is 0 Å². The monoisotopic (exact) mass is 303 g/mol. The molecule has 0 atom stereocenters. The lowest BCUT2D eigenvalue weighted by molar-refractivity contribution is 0.0955. The molecular formula is C12H15BrFNO2. The van der Waals surface area contributed by atoms with Gasteiger partial charge in [-0.2, -0.15) is 0 Å². The summed E-state index contributed by atoms with van der Waals surface area (Å²) in [7, 11) is 0. The van der Waals surface area contributed by atoms with Crippen LogP contribution in [0.4, 0.5) is 9.18 Å². The van der Waals surface area contributed by atoms with Crippen molar-refractivity contribution in [1.82, 2.24) is 4.90 Å². The molecule has 0 aliphatic carbocycles. The minimum absolute atomic E-state index is 0.162. The molecule has 1 aromatic rings. The van der Waals surface area contributed by atoms with Gasteiger partial charge in [0.25, 0.3) is 0 Å². The second-order valence-electron chi connectivity index (χ2n) is 4.82. The average Bonchev–Trinajstić information content (AvgIpc) is 2.10. The largest absolute Gasteiger partial charge is 0.465 e. The molecule has 0 radical (unpaired) electrons. The maximum absolute atomic E-state index is 13.2. The minimum Gasteiger partial charge on any atom is -0.465 e. The lowest BCUT2D eigenvalue weighted by Crippen LogP contribution is -2.44. The lowest BCUT2D eigenvalue weighted by Gasteiger charge is -2.33. The Morgan fingerprint density at radius 2 is 2.00 bits per heavy atom. The molecule has 5 heteroatoms. The molecule has 0 unspecified atom stereocenters. The summed E-state index contributed by atoms with van der Waals surface area (Å²) in [5.41, 5.74) is 0.0964. The highest BCUT2D eigenvalue weighted by atomic mass is 79.9. The number of amides is 1. The summed E-state index contributed by atoms with van der Waals surface area (Å²) in [5, 5.41) is 9.13. The third-order valence-corrected chi connectivity index (χ3v) is 2.76. The quantitative estimate of drug-likeness (QED) is 0.901. The van der Waals surface area contributed by atoms with E-state index in [4.69, 9.17) is 5.11 Å². The number of halogens is 2. The molecule has 0 aliphatic rings. The van der Waals surface area contributed by atoms with Crippen LogP contribution < -0.4 is 0 Å². The molecule has 0 heterocycles. The number of hydrogen-bond acceptors (Lipinski definition) is 1. The number of carbonyl (C=O) groups is 1. The molecule has 1 amide bonds. The van der Waals surface area contributed by atoms with E-state index in [0.29, 0.717) is 10.0 Å². The van der Waals surface area contributed by atoms with Crippen LogP contribution >= 0.6 is 15.9 Å². The molecule has 0 saturated heterocycles. The zero-order chi connectivity index (χ0) is 13.2. The van der Waals surface area contributed by atoms with E-state index in [1.165, 1.54) is 17.0 Å². The summed E-state index contributed by atoms with van der Waals surface area (Å²) in [6, 6.07) is 4.39. The van der Waals surface area contributed by atoms with Crippen LogP contribution in [-0.2, 0) is 6.54 Å². The van der Waals surface area contributed by atoms with Crippen LogP contribution in [0, 0.1) is 5.82 Å². The molecule has 17 heavy (non-hydrogen) atoms. The Morgan fingerprint density at radius 1 is 1.41 bits per heavy atom. The van der Waals surface area contributed by atoms with Gasteiger partial charge < -0.3 is 5.11 Å². The maximum atomic E-state index is 13.2. The number of carboxylic acid groups (broad SMARTS) is 1. The third kappa shape index (κ3) is 4.00. The van der Waals surface area contributed by atoms with Crippen molar-refractivity contribution in [2.24, 2.45) is 0 Å². The van der Waals surface area contributed by atoms with Gasteiger partial charge in [-0.25, -0.2) is 9.18 Å². The van der Waals surface area contributed by atoms with Crippen molar-refractivity contribution in [1.29, 1.82) is 0 Å². The molecule has 1 N–H and O–H groups in total. The Kier molecular flexibility index (Phi) is 4.14. The predicted octanol–water partition coefficient (Wildman–Crippen LogP) is 3.87. The Hall–Kier alpha value is -1.10. The number of rotatable bonds is 2. The van der Waals surface area contributed by atoms with Crippen LogP contribution in [0.2, 0.25) is 0 Å². The van der Waals surface area contributed by atoms with E-state index in [9.17, 15) is 9.18 Å². The maximum Gasteiger partial charge on any atom is 0.408 e. The van der Waals surface area contributed by atoms with Gasteiger partial charge in [-0.1, -0.05) is 15.9 Å². The van der Waals surface area contributed by atoms with E-state index in [0.717, 1.165) is 0 Å². The summed E-state index contributed by atoms with van der Waals surface area (Å²) < 4.78 is 13.8. The molecule has 0 bridgehead atoms. The second-order valence-corrected chi connectivity index (χ2v) is 5.73. The van der Waals surface area contributed by atoms with E-state index >= 15 is 0 Å². The minimum atomic E-state index is -1.02. The fourth-order valence-corrected chi connectivity index (χ4v) is 1.99. The molecule has 94 valence electrons. The summed E-state index contributed by atoms with van der Waals surface area (Å²) in [6.45, 7) is 5.57. The molecule has 0 fully saturated rings. The van der Waals surface area contributed by atoms with Gasteiger partial charge in [0, 0.05) is 16.6 Å². The highest BCUT2D eigenvalue weighted by Gasteiger charge is 2.26. The van der Waals surface area contributed by atoms with Crippen LogP contribution in [0.25, 0.3) is 0 Å². The smallest absolute Gasteiger partial charge is 0.408 e. The highest BCUT2D eigenvalue weighted by molar-refractivity contribution is 9.10. The van der Waals surface area contributed by atoms with Gasteiger partial charge in [0.2, 0.25) is 0 Å². The molecule has 3 nitrogen and oxygen atoms in total.